The molecule has 1 aromatic rings. The van der Waals surface area contributed by atoms with E-state index in [0.717, 1.165) is 31.6 Å². The fourth-order valence-electron chi connectivity index (χ4n) is 2.47. The molecular weight excluding hydrogens is 240 g/mol. The number of piperidine rings is 1. The van der Waals surface area contributed by atoms with Crippen LogP contribution >= 0.6 is 0 Å². The summed E-state index contributed by atoms with van der Waals surface area (Å²) in [5.41, 5.74) is 0.487. The van der Waals surface area contributed by atoms with Gasteiger partial charge < -0.3 is 10.6 Å². The molecule has 1 saturated heterocycles. The molecule has 0 bridgehead atoms. The largest absolute Gasteiger partial charge is 0.350 e. The second-order valence-electron chi connectivity index (χ2n) is 5.65. The second-order valence-corrected chi connectivity index (χ2v) is 5.65. The van der Waals surface area contributed by atoms with E-state index in [2.05, 4.69) is 20.6 Å². The van der Waals surface area contributed by atoms with Crippen molar-refractivity contribution in [3.8, 4) is 0 Å². The van der Waals surface area contributed by atoms with Crippen molar-refractivity contribution in [3.05, 3.63) is 24.3 Å². The molecule has 5 nitrogen and oxygen atoms in total. The molecule has 1 amide bonds. The molecule has 0 radical (unpaired) electrons. The lowest BCUT2D eigenvalue weighted by Gasteiger charge is -2.36. The molecule has 19 heavy (non-hydrogen) atoms. The first kappa shape index (κ1) is 13.9. The lowest BCUT2D eigenvalue weighted by molar-refractivity contribution is -0.132. The predicted octanol–water partition coefficient (Wildman–Crippen LogP) is 1.12. The zero-order valence-electron chi connectivity index (χ0n) is 11.6. The van der Waals surface area contributed by atoms with Crippen molar-refractivity contribution in [3.63, 3.8) is 0 Å². The van der Waals surface area contributed by atoms with E-state index >= 15 is 0 Å². The standard InChI is InChI=1S/C14H22N4O/c1-14(2,11-4-3-6-15-8-11)13(19)17-9-12-5-7-16-10-18-12/h5,7,10-11,15H,3-4,6,8-9H2,1-2H3,(H,17,19). The van der Waals surface area contributed by atoms with E-state index in [1.54, 1.807) is 6.20 Å². The molecular formula is C14H22N4O. The summed E-state index contributed by atoms with van der Waals surface area (Å²) in [6.07, 6.45) is 5.44. The Morgan fingerprint density at radius 1 is 1.58 bits per heavy atom. The summed E-state index contributed by atoms with van der Waals surface area (Å²) < 4.78 is 0. The van der Waals surface area contributed by atoms with E-state index in [9.17, 15) is 4.79 Å². The highest BCUT2D eigenvalue weighted by Crippen LogP contribution is 2.31. The smallest absolute Gasteiger partial charge is 0.226 e. The van der Waals surface area contributed by atoms with Gasteiger partial charge in [-0.3, -0.25) is 4.79 Å². The van der Waals surface area contributed by atoms with Gasteiger partial charge in [0.2, 0.25) is 5.91 Å². The molecule has 1 atom stereocenters. The molecule has 2 heterocycles. The molecule has 1 unspecified atom stereocenters. The summed E-state index contributed by atoms with van der Waals surface area (Å²) in [6.45, 7) is 6.51. The van der Waals surface area contributed by atoms with Crippen molar-refractivity contribution < 1.29 is 4.79 Å². The fraction of sp³-hybridized carbons (Fsp3) is 0.643. The number of aromatic nitrogens is 2. The number of rotatable bonds is 4. The van der Waals surface area contributed by atoms with Gasteiger partial charge in [-0.15, -0.1) is 0 Å². The van der Waals surface area contributed by atoms with Gasteiger partial charge in [-0.2, -0.15) is 0 Å². The zero-order chi connectivity index (χ0) is 13.7. The van der Waals surface area contributed by atoms with Crippen molar-refractivity contribution in [2.75, 3.05) is 13.1 Å². The first-order valence-electron chi connectivity index (χ1n) is 6.84. The summed E-state index contributed by atoms with van der Waals surface area (Å²) in [5.74, 6) is 0.492. The molecule has 5 heteroatoms. The monoisotopic (exact) mass is 262 g/mol. The molecule has 0 saturated carbocycles. The SMILES string of the molecule is CC(C)(C(=O)NCc1ccncn1)C1CCCNC1. The normalized spacial score (nSPS) is 20.0. The van der Waals surface area contributed by atoms with Crippen molar-refractivity contribution in [2.24, 2.45) is 11.3 Å². The van der Waals surface area contributed by atoms with Crippen molar-refractivity contribution >= 4 is 5.91 Å². The Bertz CT molecular complexity index is 413. The topological polar surface area (TPSA) is 66.9 Å². The van der Waals surface area contributed by atoms with Crippen LogP contribution in [0.25, 0.3) is 0 Å². The van der Waals surface area contributed by atoms with Crippen LogP contribution in [0.1, 0.15) is 32.4 Å². The maximum absolute atomic E-state index is 12.4. The van der Waals surface area contributed by atoms with Crippen LogP contribution < -0.4 is 10.6 Å². The fourth-order valence-corrected chi connectivity index (χ4v) is 2.47. The van der Waals surface area contributed by atoms with Gasteiger partial charge in [-0.25, -0.2) is 9.97 Å². The average molecular weight is 262 g/mol. The number of carbonyl (C=O) groups excluding carboxylic acids is 1. The van der Waals surface area contributed by atoms with Crippen molar-refractivity contribution in [1.29, 1.82) is 0 Å². The first-order valence-corrected chi connectivity index (χ1v) is 6.84. The highest BCUT2D eigenvalue weighted by molar-refractivity contribution is 5.82. The highest BCUT2D eigenvalue weighted by atomic mass is 16.2. The summed E-state index contributed by atoms with van der Waals surface area (Å²) in [7, 11) is 0. The first-order chi connectivity index (χ1) is 9.10. The Hall–Kier alpha value is -1.49. The molecule has 104 valence electrons. The highest BCUT2D eigenvalue weighted by Gasteiger charge is 2.36. The van der Waals surface area contributed by atoms with Crippen LogP contribution in [-0.4, -0.2) is 29.0 Å². The summed E-state index contributed by atoms with van der Waals surface area (Å²) in [6, 6.07) is 1.81. The molecule has 1 fully saturated rings. The van der Waals surface area contributed by atoms with E-state index in [0.29, 0.717) is 12.5 Å². The van der Waals surface area contributed by atoms with Gasteiger partial charge in [-0.1, -0.05) is 13.8 Å². The van der Waals surface area contributed by atoms with Gasteiger partial charge in [0, 0.05) is 11.6 Å². The molecule has 0 aliphatic carbocycles. The third kappa shape index (κ3) is 3.50. The van der Waals surface area contributed by atoms with Crippen molar-refractivity contribution in [2.45, 2.75) is 33.2 Å². The molecule has 1 aliphatic heterocycles. The third-order valence-corrected chi connectivity index (χ3v) is 3.98. The lowest BCUT2D eigenvalue weighted by atomic mass is 9.74. The maximum Gasteiger partial charge on any atom is 0.226 e. The Kier molecular flexibility index (Phi) is 4.47. The molecule has 2 N–H and O–H groups in total. The summed E-state index contributed by atoms with van der Waals surface area (Å²) >= 11 is 0. The minimum Gasteiger partial charge on any atom is -0.350 e. The van der Waals surface area contributed by atoms with Gasteiger partial charge in [0.15, 0.2) is 0 Å². The molecule has 0 spiro atoms. The van der Waals surface area contributed by atoms with Crippen LogP contribution in [0.4, 0.5) is 0 Å². The minimum atomic E-state index is -0.347. The van der Waals surface area contributed by atoms with Gasteiger partial charge in [-0.05, 0) is 37.9 Å². The molecule has 2 rings (SSSR count). The van der Waals surface area contributed by atoms with Crippen LogP contribution in [-0.2, 0) is 11.3 Å². The summed E-state index contributed by atoms with van der Waals surface area (Å²) in [4.78, 5) is 20.3. The molecule has 1 aromatic heterocycles. The maximum atomic E-state index is 12.4. The third-order valence-electron chi connectivity index (χ3n) is 3.98. The van der Waals surface area contributed by atoms with E-state index in [1.165, 1.54) is 6.33 Å². The Morgan fingerprint density at radius 3 is 3.05 bits per heavy atom. The van der Waals surface area contributed by atoms with Crippen LogP contribution in [0.5, 0.6) is 0 Å². The number of hydrogen-bond donors (Lipinski definition) is 2. The lowest BCUT2D eigenvalue weighted by Crippen LogP contribution is -2.47. The van der Waals surface area contributed by atoms with Gasteiger partial charge in [0.1, 0.15) is 6.33 Å². The minimum absolute atomic E-state index is 0.0970. The Balaban J connectivity index is 1.90. The van der Waals surface area contributed by atoms with E-state index in [-0.39, 0.29) is 11.3 Å². The van der Waals surface area contributed by atoms with Gasteiger partial charge in [0.25, 0.3) is 0 Å². The molecule has 1 aliphatic rings. The van der Waals surface area contributed by atoms with E-state index in [4.69, 9.17) is 0 Å². The van der Waals surface area contributed by atoms with Crippen LogP contribution in [0, 0.1) is 11.3 Å². The van der Waals surface area contributed by atoms with Crippen LogP contribution in [0.15, 0.2) is 18.6 Å². The number of amides is 1. The van der Waals surface area contributed by atoms with Crippen molar-refractivity contribution in [1.82, 2.24) is 20.6 Å². The number of hydrogen-bond acceptors (Lipinski definition) is 4. The summed E-state index contributed by atoms with van der Waals surface area (Å²) in [5, 5.41) is 6.35. The second kappa shape index (κ2) is 6.10. The van der Waals surface area contributed by atoms with E-state index in [1.807, 2.05) is 19.9 Å². The Labute approximate surface area is 114 Å². The number of carbonyl (C=O) groups is 1. The number of nitrogens with zero attached hydrogens (tertiary/aromatic N) is 2. The quantitative estimate of drug-likeness (QED) is 0.853. The Morgan fingerprint density at radius 2 is 2.42 bits per heavy atom. The number of nitrogens with one attached hydrogen (secondary N) is 2. The zero-order valence-corrected chi connectivity index (χ0v) is 11.6. The molecule has 0 aromatic carbocycles. The predicted molar refractivity (Wildman–Crippen MR) is 73.3 cm³/mol. The van der Waals surface area contributed by atoms with Crippen LogP contribution in [0.2, 0.25) is 0 Å². The van der Waals surface area contributed by atoms with E-state index < -0.39 is 0 Å². The average Bonchev–Trinajstić information content (AvgIpc) is 2.46. The van der Waals surface area contributed by atoms with Gasteiger partial charge >= 0.3 is 0 Å². The van der Waals surface area contributed by atoms with Crippen LogP contribution in [0.3, 0.4) is 0 Å². The van der Waals surface area contributed by atoms with Gasteiger partial charge in [0.05, 0.1) is 12.2 Å².